The highest BCUT2D eigenvalue weighted by molar-refractivity contribution is 5.75. The van der Waals surface area contributed by atoms with Crippen molar-refractivity contribution in [1.82, 2.24) is 9.55 Å². The molecule has 1 aromatic heterocycles. The van der Waals surface area contributed by atoms with Gasteiger partial charge in [-0.2, -0.15) is 0 Å². The molecule has 2 atom stereocenters. The monoisotopic (exact) mass is 232 g/mol. The summed E-state index contributed by atoms with van der Waals surface area (Å²) >= 11 is 0. The molecule has 1 heterocycles. The third-order valence-corrected chi connectivity index (χ3v) is 3.15. The van der Waals surface area contributed by atoms with E-state index in [0.29, 0.717) is 5.92 Å². The maximum Gasteiger partial charge on any atom is 0.109 e. The molecule has 3 heteroatoms. The molecule has 92 valence electrons. The molecule has 0 aliphatic rings. The van der Waals surface area contributed by atoms with Gasteiger partial charge in [0.2, 0.25) is 0 Å². The van der Waals surface area contributed by atoms with Crippen molar-refractivity contribution in [2.45, 2.75) is 32.8 Å². The molecule has 0 fully saturated rings. The Kier molecular flexibility index (Phi) is 3.48. The molecule has 0 amide bonds. The van der Waals surface area contributed by atoms with Crippen LogP contribution in [-0.2, 0) is 13.5 Å². The van der Waals surface area contributed by atoms with E-state index in [1.165, 1.54) is 5.52 Å². The maximum atomic E-state index is 9.38. The molecule has 0 bridgehead atoms. The number of para-hydroxylation sites is 2. The van der Waals surface area contributed by atoms with Crippen LogP contribution in [0.4, 0.5) is 0 Å². The molecule has 3 nitrogen and oxygen atoms in total. The fourth-order valence-corrected chi connectivity index (χ4v) is 2.36. The Morgan fingerprint density at radius 1 is 1.29 bits per heavy atom. The number of nitrogens with zero attached hydrogens (tertiary/aromatic N) is 2. The third kappa shape index (κ3) is 2.67. The summed E-state index contributed by atoms with van der Waals surface area (Å²) in [5.41, 5.74) is 2.22. The molecule has 1 aromatic carbocycles. The molecule has 17 heavy (non-hydrogen) atoms. The van der Waals surface area contributed by atoms with Crippen LogP contribution in [0, 0.1) is 5.92 Å². The number of fused-ring (bicyclic) bond motifs is 1. The van der Waals surface area contributed by atoms with Gasteiger partial charge in [-0.05, 0) is 31.4 Å². The molecule has 1 N–H and O–H groups in total. The van der Waals surface area contributed by atoms with Crippen molar-refractivity contribution in [1.29, 1.82) is 0 Å². The largest absolute Gasteiger partial charge is 0.393 e. The Balaban J connectivity index is 2.21. The van der Waals surface area contributed by atoms with Crippen molar-refractivity contribution in [2.24, 2.45) is 13.0 Å². The summed E-state index contributed by atoms with van der Waals surface area (Å²) in [4.78, 5) is 4.64. The SMILES string of the molecule is CC(O)CC(C)Cc1nc2ccccc2n1C. The van der Waals surface area contributed by atoms with Crippen LogP contribution in [0.25, 0.3) is 11.0 Å². The number of hydrogen-bond acceptors (Lipinski definition) is 2. The normalized spacial score (nSPS) is 15.1. The van der Waals surface area contributed by atoms with Crippen molar-refractivity contribution in [3.63, 3.8) is 0 Å². The van der Waals surface area contributed by atoms with Crippen molar-refractivity contribution in [2.75, 3.05) is 0 Å². The minimum absolute atomic E-state index is 0.236. The fourth-order valence-electron chi connectivity index (χ4n) is 2.36. The van der Waals surface area contributed by atoms with Gasteiger partial charge in [-0.25, -0.2) is 4.98 Å². The van der Waals surface area contributed by atoms with Crippen LogP contribution >= 0.6 is 0 Å². The van der Waals surface area contributed by atoms with E-state index in [-0.39, 0.29) is 6.10 Å². The first kappa shape index (κ1) is 12.1. The van der Waals surface area contributed by atoms with Crippen molar-refractivity contribution >= 4 is 11.0 Å². The summed E-state index contributed by atoms with van der Waals surface area (Å²) in [6, 6.07) is 8.18. The second kappa shape index (κ2) is 4.88. The average molecular weight is 232 g/mol. The number of aromatic nitrogens is 2. The third-order valence-electron chi connectivity index (χ3n) is 3.15. The van der Waals surface area contributed by atoms with Gasteiger partial charge in [-0.3, -0.25) is 0 Å². The zero-order valence-corrected chi connectivity index (χ0v) is 10.7. The van der Waals surface area contributed by atoms with Gasteiger partial charge in [-0.15, -0.1) is 0 Å². The van der Waals surface area contributed by atoms with Crippen LogP contribution in [0.5, 0.6) is 0 Å². The number of aryl methyl sites for hydroxylation is 1. The van der Waals surface area contributed by atoms with Crippen molar-refractivity contribution in [3.8, 4) is 0 Å². The van der Waals surface area contributed by atoms with Crippen LogP contribution in [0.3, 0.4) is 0 Å². The van der Waals surface area contributed by atoms with Gasteiger partial charge < -0.3 is 9.67 Å². The number of benzene rings is 1. The number of aliphatic hydroxyl groups excluding tert-OH is 1. The summed E-state index contributed by atoms with van der Waals surface area (Å²) in [5.74, 6) is 1.55. The number of aliphatic hydroxyl groups is 1. The lowest BCUT2D eigenvalue weighted by Gasteiger charge is -2.12. The summed E-state index contributed by atoms with van der Waals surface area (Å²) in [7, 11) is 2.06. The van der Waals surface area contributed by atoms with Crippen molar-refractivity contribution < 1.29 is 5.11 Å². The second-order valence-electron chi connectivity index (χ2n) is 4.97. The first-order valence-electron chi connectivity index (χ1n) is 6.16. The van der Waals surface area contributed by atoms with Gasteiger partial charge in [0.15, 0.2) is 0 Å². The molecule has 0 aliphatic carbocycles. The van der Waals surface area contributed by atoms with Crippen LogP contribution in [0.2, 0.25) is 0 Å². The minimum Gasteiger partial charge on any atom is -0.393 e. The molecule has 2 aromatic rings. The van der Waals surface area contributed by atoms with E-state index in [2.05, 4.69) is 29.6 Å². The van der Waals surface area contributed by atoms with Gasteiger partial charge in [0, 0.05) is 13.5 Å². The molecule has 0 saturated heterocycles. The number of rotatable bonds is 4. The van der Waals surface area contributed by atoms with E-state index >= 15 is 0 Å². The minimum atomic E-state index is -0.236. The van der Waals surface area contributed by atoms with Gasteiger partial charge in [0.05, 0.1) is 17.1 Å². The van der Waals surface area contributed by atoms with Crippen LogP contribution in [0.1, 0.15) is 26.1 Å². The quantitative estimate of drug-likeness (QED) is 0.879. The zero-order valence-electron chi connectivity index (χ0n) is 10.7. The highest BCUT2D eigenvalue weighted by Gasteiger charge is 2.12. The first-order valence-corrected chi connectivity index (χ1v) is 6.16. The van der Waals surface area contributed by atoms with Gasteiger partial charge in [-0.1, -0.05) is 19.1 Å². The van der Waals surface area contributed by atoms with E-state index < -0.39 is 0 Å². The fraction of sp³-hybridized carbons (Fsp3) is 0.500. The second-order valence-corrected chi connectivity index (χ2v) is 4.97. The van der Waals surface area contributed by atoms with E-state index in [4.69, 9.17) is 0 Å². The summed E-state index contributed by atoms with van der Waals surface area (Å²) in [6.07, 6.45) is 1.50. The number of hydrogen-bond donors (Lipinski definition) is 1. The van der Waals surface area contributed by atoms with Gasteiger partial charge in [0.25, 0.3) is 0 Å². The molecule has 0 spiro atoms. The molecule has 0 saturated carbocycles. The Bertz CT molecular complexity index is 502. The Morgan fingerprint density at radius 2 is 2.00 bits per heavy atom. The van der Waals surface area contributed by atoms with Gasteiger partial charge >= 0.3 is 0 Å². The molecular weight excluding hydrogens is 212 g/mol. The molecule has 0 radical (unpaired) electrons. The summed E-state index contributed by atoms with van der Waals surface area (Å²) < 4.78 is 2.15. The Hall–Kier alpha value is -1.35. The first-order chi connectivity index (χ1) is 8.08. The predicted octanol–water partition coefficient (Wildman–Crippen LogP) is 2.52. The van der Waals surface area contributed by atoms with E-state index in [1.807, 2.05) is 25.1 Å². The molecule has 0 aliphatic heterocycles. The van der Waals surface area contributed by atoms with Crippen LogP contribution in [0.15, 0.2) is 24.3 Å². The zero-order chi connectivity index (χ0) is 12.4. The Morgan fingerprint density at radius 3 is 2.65 bits per heavy atom. The maximum absolute atomic E-state index is 9.38. The topological polar surface area (TPSA) is 38.1 Å². The van der Waals surface area contributed by atoms with Crippen molar-refractivity contribution in [3.05, 3.63) is 30.1 Å². The number of imidazole rings is 1. The van der Waals surface area contributed by atoms with E-state index in [9.17, 15) is 5.11 Å². The lowest BCUT2D eigenvalue weighted by Crippen LogP contribution is -2.11. The van der Waals surface area contributed by atoms with E-state index in [0.717, 1.165) is 24.2 Å². The molecule has 2 unspecified atom stereocenters. The van der Waals surface area contributed by atoms with Gasteiger partial charge in [0.1, 0.15) is 5.82 Å². The molecule has 2 rings (SSSR count). The molecular formula is C14H20N2O. The summed E-state index contributed by atoms with van der Waals surface area (Å²) in [5, 5.41) is 9.38. The van der Waals surface area contributed by atoms with Crippen LogP contribution < -0.4 is 0 Å². The van der Waals surface area contributed by atoms with Crippen LogP contribution in [-0.4, -0.2) is 20.8 Å². The Labute approximate surface area is 102 Å². The van der Waals surface area contributed by atoms with E-state index in [1.54, 1.807) is 0 Å². The highest BCUT2D eigenvalue weighted by Crippen LogP contribution is 2.18. The average Bonchev–Trinajstić information content (AvgIpc) is 2.55. The standard InChI is InChI=1S/C14H20N2O/c1-10(8-11(2)17)9-14-15-12-6-4-5-7-13(12)16(14)3/h4-7,10-11,17H,8-9H2,1-3H3. The lowest BCUT2D eigenvalue weighted by molar-refractivity contribution is 0.163. The predicted molar refractivity (Wildman–Crippen MR) is 69.9 cm³/mol. The highest BCUT2D eigenvalue weighted by atomic mass is 16.3. The summed E-state index contributed by atoms with van der Waals surface area (Å²) in [6.45, 7) is 4.00. The lowest BCUT2D eigenvalue weighted by atomic mass is 10.0. The smallest absolute Gasteiger partial charge is 0.109 e.